The molecule has 1 amide bonds. The van der Waals surface area contributed by atoms with Gasteiger partial charge in [-0.1, -0.05) is 28.1 Å². The van der Waals surface area contributed by atoms with E-state index in [0.717, 1.165) is 19.2 Å². The molecule has 0 heterocycles. The fraction of sp³-hybridized carbons (Fsp3) is 0.278. The zero-order valence-corrected chi connectivity index (χ0v) is 18.0. The van der Waals surface area contributed by atoms with Crippen LogP contribution in [0.2, 0.25) is 0 Å². The van der Waals surface area contributed by atoms with Crippen LogP contribution in [0.25, 0.3) is 0 Å². The molecule has 2 aromatic carbocycles. The zero-order valence-electron chi connectivity index (χ0n) is 14.8. The van der Waals surface area contributed by atoms with Gasteiger partial charge in [-0.15, -0.1) is 11.8 Å². The molecule has 0 aromatic heterocycles. The van der Waals surface area contributed by atoms with Gasteiger partial charge in [0.05, 0.1) is 17.5 Å². The highest BCUT2D eigenvalue weighted by Gasteiger charge is 2.23. The number of hydrogen-bond acceptors (Lipinski definition) is 4. The van der Waals surface area contributed by atoms with Crippen molar-refractivity contribution in [1.82, 2.24) is 9.62 Å². The standard InChI is InChI=1S/C18H21BrN2O3S2/c1-13(14-4-8-16(25-3)9-5-14)20-18(22)12-21(2)26(23,24)17-10-6-15(19)7-11-17/h4-11,13H,12H2,1-3H3,(H,20,22). The largest absolute Gasteiger partial charge is 0.348 e. The van der Waals surface area contributed by atoms with E-state index in [2.05, 4.69) is 21.2 Å². The maximum atomic E-state index is 12.5. The van der Waals surface area contributed by atoms with Crippen molar-refractivity contribution in [3.05, 3.63) is 58.6 Å². The first-order chi connectivity index (χ1) is 12.2. The van der Waals surface area contributed by atoms with E-state index in [4.69, 9.17) is 0 Å². The van der Waals surface area contributed by atoms with Crippen molar-refractivity contribution in [2.45, 2.75) is 22.8 Å². The van der Waals surface area contributed by atoms with Crippen LogP contribution >= 0.6 is 27.7 Å². The van der Waals surface area contributed by atoms with Crippen molar-refractivity contribution in [1.29, 1.82) is 0 Å². The van der Waals surface area contributed by atoms with Crippen LogP contribution in [0.4, 0.5) is 0 Å². The average molecular weight is 457 g/mol. The Morgan fingerprint density at radius 2 is 1.73 bits per heavy atom. The lowest BCUT2D eigenvalue weighted by molar-refractivity contribution is -0.121. The summed E-state index contributed by atoms with van der Waals surface area (Å²) in [7, 11) is -2.31. The zero-order chi connectivity index (χ0) is 19.3. The molecule has 0 spiro atoms. The topological polar surface area (TPSA) is 66.5 Å². The fourth-order valence-electron chi connectivity index (χ4n) is 2.34. The number of carbonyl (C=O) groups is 1. The Labute approximate surface area is 167 Å². The average Bonchev–Trinajstić information content (AvgIpc) is 2.61. The Hall–Kier alpha value is -1.35. The van der Waals surface area contributed by atoms with Crippen LogP contribution < -0.4 is 5.32 Å². The minimum atomic E-state index is -3.71. The lowest BCUT2D eigenvalue weighted by Crippen LogP contribution is -2.39. The highest BCUT2D eigenvalue weighted by Crippen LogP contribution is 2.20. The second-order valence-corrected chi connectivity index (χ2v) is 9.62. The Kier molecular flexibility index (Phi) is 7.28. The van der Waals surface area contributed by atoms with Gasteiger partial charge in [-0.3, -0.25) is 4.79 Å². The number of likely N-dealkylation sites (N-methyl/N-ethyl adjacent to an activating group) is 1. The van der Waals surface area contributed by atoms with E-state index in [9.17, 15) is 13.2 Å². The third-order valence-corrected chi connectivity index (χ3v) is 6.97. The molecule has 2 rings (SSSR count). The Bertz CT molecular complexity index is 853. The van der Waals surface area contributed by atoms with E-state index in [1.165, 1.54) is 19.2 Å². The number of sulfonamides is 1. The van der Waals surface area contributed by atoms with E-state index >= 15 is 0 Å². The van der Waals surface area contributed by atoms with Crippen molar-refractivity contribution in [3.8, 4) is 0 Å². The van der Waals surface area contributed by atoms with Crippen LogP contribution in [0.1, 0.15) is 18.5 Å². The monoisotopic (exact) mass is 456 g/mol. The SMILES string of the molecule is CSc1ccc(C(C)NC(=O)CN(C)S(=O)(=O)c2ccc(Br)cc2)cc1. The molecule has 140 valence electrons. The summed E-state index contributed by atoms with van der Waals surface area (Å²) in [6.07, 6.45) is 2.00. The summed E-state index contributed by atoms with van der Waals surface area (Å²) >= 11 is 4.92. The number of thioether (sulfide) groups is 1. The summed E-state index contributed by atoms with van der Waals surface area (Å²) in [5.41, 5.74) is 0.967. The third kappa shape index (κ3) is 5.33. The minimum Gasteiger partial charge on any atom is -0.348 e. The predicted molar refractivity (Wildman–Crippen MR) is 109 cm³/mol. The molecular weight excluding hydrogens is 436 g/mol. The van der Waals surface area contributed by atoms with Crippen molar-refractivity contribution in [2.75, 3.05) is 19.8 Å². The van der Waals surface area contributed by atoms with Crippen LogP contribution in [0, 0.1) is 0 Å². The third-order valence-electron chi connectivity index (χ3n) is 3.88. The molecule has 0 aliphatic heterocycles. The van der Waals surface area contributed by atoms with Gasteiger partial charge in [0, 0.05) is 16.4 Å². The number of nitrogens with zero attached hydrogens (tertiary/aromatic N) is 1. The first-order valence-corrected chi connectivity index (χ1v) is 11.3. The molecule has 2 aromatic rings. The molecule has 0 bridgehead atoms. The Balaban J connectivity index is 2.00. The quantitative estimate of drug-likeness (QED) is 0.645. The van der Waals surface area contributed by atoms with Gasteiger partial charge in [-0.2, -0.15) is 4.31 Å². The first kappa shape index (κ1) is 21.0. The maximum Gasteiger partial charge on any atom is 0.243 e. The van der Waals surface area contributed by atoms with Crippen LogP contribution in [-0.4, -0.2) is 38.5 Å². The molecule has 1 atom stereocenters. The summed E-state index contributed by atoms with van der Waals surface area (Å²) in [5, 5.41) is 2.84. The van der Waals surface area contributed by atoms with Gasteiger partial charge in [-0.25, -0.2) is 8.42 Å². The molecule has 0 saturated heterocycles. The fourth-order valence-corrected chi connectivity index (χ4v) is 4.14. The van der Waals surface area contributed by atoms with Gasteiger partial charge in [0.15, 0.2) is 0 Å². The molecule has 1 N–H and O–H groups in total. The molecule has 0 fully saturated rings. The first-order valence-electron chi connectivity index (χ1n) is 7.89. The summed E-state index contributed by atoms with van der Waals surface area (Å²) < 4.78 is 26.9. The molecular formula is C18H21BrN2O3S2. The lowest BCUT2D eigenvalue weighted by Gasteiger charge is -2.19. The Morgan fingerprint density at radius 3 is 2.27 bits per heavy atom. The molecule has 0 aliphatic rings. The summed E-state index contributed by atoms with van der Waals surface area (Å²) in [5.74, 6) is -0.352. The smallest absolute Gasteiger partial charge is 0.243 e. The summed E-state index contributed by atoms with van der Waals surface area (Å²) in [6, 6.07) is 14.0. The number of amides is 1. The van der Waals surface area contributed by atoms with E-state index in [1.807, 2.05) is 37.4 Å². The maximum absolute atomic E-state index is 12.5. The number of carbonyl (C=O) groups excluding carboxylic acids is 1. The molecule has 1 unspecified atom stereocenters. The van der Waals surface area contributed by atoms with Crippen molar-refractivity contribution in [2.24, 2.45) is 0 Å². The van der Waals surface area contributed by atoms with E-state index in [0.29, 0.717) is 0 Å². The molecule has 0 radical (unpaired) electrons. The predicted octanol–water partition coefficient (Wildman–Crippen LogP) is 3.67. The highest BCUT2D eigenvalue weighted by molar-refractivity contribution is 9.10. The van der Waals surface area contributed by atoms with Crippen LogP contribution in [0.5, 0.6) is 0 Å². The normalized spacial score (nSPS) is 12.8. The number of rotatable bonds is 7. The lowest BCUT2D eigenvalue weighted by atomic mass is 10.1. The van der Waals surface area contributed by atoms with Crippen molar-refractivity contribution >= 4 is 43.6 Å². The van der Waals surface area contributed by atoms with Crippen LogP contribution in [0.3, 0.4) is 0 Å². The molecule has 0 saturated carbocycles. The molecule has 26 heavy (non-hydrogen) atoms. The van der Waals surface area contributed by atoms with Gasteiger partial charge in [0.2, 0.25) is 15.9 Å². The number of nitrogens with one attached hydrogen (secondary N) is 1. The van der Waals surface area contributed by atoms with E-state index < -0.39 is 10.0 Å². The second kappa shape index (κ2) is 9.03. The van der Waals surface area contributed by atoms with Gasteiger partial charge in [0.1, 0.15) is 0 Å². The molecule has 5 nitrogen and oxygen atoms in total. The summed E-state index contributed by atoms with van der Waals surface area (Å²) in [6.45, 7) is 1.63. The number of halogens is 1. The summed E-state index contributed by atoms with van der Waals surface area (Å²) in [4.78, 5) is 13.6. The second-order valence-electron chi connectivity index (χ2n) is 5.78. The highest BCUT2D eigenvalue weighted by atomic mass is 79.9. The molecule has 8 heteroatoms. The number of hydrogen-bond donors (Lipinski definition) is 1. The van der Waals surface area contributed by atoms with Crippen molar-refractivity contribution in [3.63, 3.8) is 0 Å². The van der Waals surface area contributed by atoms with E-state index in [1.54, 1.807) is 23.9 Å². The van der Waals surface area contributed by atoms with Crippen LogP contribution in [0.15, 0.2) is 62.8 Å². The van der Waals surface area contributed by atoms with E-state index in [-0.39, 0.29) is 23.4 Å². The van der Waals surface area contributed by atoms with Gasteiger partial charge >= 0.3 is 0 Å². The van der Waals surface area contributed by atoms with Gasteiger partial charge < -0.3 is 5.32 Å². The van der Waals surface area contributed by atoms with Gasteiger partial charge in [0.25, 0.3) is 0 Å². The van der Waals surface area contributed by atoms with Crippen LogP contribution in [-0.2, 0) is 14.8 Å². The minimum absolute atomic E-state index is 0.150. The number of benzene rings is 2. The molecule has 0 aliphatic carbocycles. The van der Waals surface area contributed by atoms with Gasteiger partial charge in [-0.05, 0) is 55.1 Å². The van der Waals surface area contributed by atoms with Crippen molar-refractivity contribution < 1.29 is 13.2 Å². The Morgan fingerprint density at radius 1 is 1.15 bits per heavy atom.